The molecule has 6 nitrogen and oxygen atoms in total. The van der Waals surface area contributed by atoms with E-state index in [1.54, 1.807) is 11.0 Å². The lowest BCUT2D eigenvalue weighted by molar-refractivity contribution is -0.133. The zero-order valence-corrected chi connectivity index (χ0v) is 14.6. The standard InChI is InChI=1S/C20H20N2O4/c1-12-5-7-14(26-12)10-21-17-4-2-3-15-16(17)11-22(20(15)25)18-8-6-13(23)9-19(18)24/h2-5,7,18,21H,6,8-11H2,1H3. The van der Waals surface area contributed by atoms with Crippen LogP contribution in [-0.4, -0.2) is 28.4 Å². The van der Waals surface area contributed by atoms with Crippen LogP contribution in [0.2, 0.25) is 0 Å². The molecule has 1 aliphatic carbocycles. The second kappa shape index (κ2) is 6.44. The van der Waals surface area contributed by atoms with Crippen LogP contribution in [0.25, 0.3) is 0 Å². The number of hydrogen-bond acceptors (Lipinski definition) is 5. The maximum Gasteiger partial charge on any atom is 0.255 e. The molecule has 2 aliphatic rings. The van der Waals surface area contributed by atoms with Gasteiger partial charge in [0.25, 0.3) is 5.91 Å². The van der Waals surface area contributed by atoms with Crippen LogP contribution in [0.1, 0.15) is 46.7 Å². The SMILES string of the molecule is Cc1ccc(CNc2cccc3c2CN(C2CCC(=O)CC2=O)C3=O)o1. The molecule has 1 aliphatic heterocycles. The predicted octanol–water partition coefficient (Wildman–Crippen LogP) is 2.85. The van der Waals surface area contributed by atoms with E-state index in [0.717, 1.165) is 22.8 Å². The molecule has 0 radical (unpaired) electrons. The summed E-state index contributed by atoms with van der Waals surface area (Å²) in [5.41, 5.74) is 2.38. The molecular formula is C20H20N2O4. The quantitative estimate of drug-likeness (QED) is 0.856. The van der Waals surface area contributed by atoms with Gasteiger partial charge in [0.15, 0.2) is 5.78 Å². The van der Waals surface area contributed by atoms with Crippen molar-refractivity contribution in [1.82, 2.24) is 4.90 Å². The highest BCUT2D eigenvalue weighted by Crippen LogP contribution is 2.33. The number of fused-ring (bicyclic) bond motifs is 1. The monoisotopic (exact) mass is 352 g/mol. The van der Waals surface area contributed by atoms with Gasteiger partial charge in [-0.2, -0.15) is 0 Å². The Labute approximate surface area is 151 Å². The Bertz CT molecular complexity index is 899. The van der Waals surface area contributed by atoms with E-state index in [0.29, 0.717) is 31.5 Å². The van der Waals surface area contributed by atoms with Crippen LogP contribution in [-0.2, 0) is 22.7 Å². The summed E-state index contributed by atoms with van der Waals surface area (Å²) in [6, 6.07) is 8.89. The highest BCUT2D eigenvalue weighted by Gasteiger charge is 2.39. The van der Waals surface area contributed by atoms with Crippen molar-refractivity contribution in [1.29, 1.82) is 0 Å². The molecule has 2 heterocycles. The molecular weight excluding hydrogens is 332 g/mol. The second-order valence-electron chi connectivity index (χ2n) is 6.87. The Kier molecular flexibility index (Phi) is 4.11. The highest BCUT2D eigenvalue weighted by molar-refractivity contribution is 6.08. The first-order chi connectivity index (χ1) is 12.5. The number of benzene rings is 1. The minimum absolute atomic E-state index is 0.0356. The predicted molar refractivity (Wildman–Crippen MR) is 94.7 cm³/mol. The Morgan fingerprint density at radius 3 is 2.77 bits per heavy atom. The molecule has 4 rings (SSSR count). The lowest BCUT2D eigenvalue weighted by Gasteiger charge is -2.29. The first kappa shape index (κ1) is 16.6. The zero-order valence-electron chi connectivity index (χ0n) is 14.6. The van der Waals surface area contributed by atoms with Gasteiger partial charge >= 0.3 is 0 Å². The van der Waals surface area contributed by atoms with Gasteiger partial charge in [-0.25, -0.2) is 0 Å². The molecule has 1 amide bonds. The number of hydrogen-bond donors (Lipinski definition) is 1. The van der Waals surface area contributed by atoms with Crippen LogP contribution >= 0.6 is 0 Å². The third kappa shape index (κ3) is 2.92. The second-order valence-corrected chi connectivity index (χ2v) is 6.87. The van der Waals surface area contributed by atoms with Crippen molar-refractivity contribution >= 4 is 23.2 Å². The number of carbonyl (C=O) groups is 3. The smallest absolute Gasteiger partial charge is 0.255 e. The number of ketones is 2. The van der Waals surface area contributed by atoms with Crippen molar-refractivity contribution in [2.75, 3.05) is 5.32 Å². The Balaban J connectivity index is 1.54. The van der Waals surface area contributed by atoms with Gasteiger partial charge in [-0.3, -0.25) is 14.4 Å². The van der Waals surface area contributed by atoms with E-state index in [9.17, 15) is 14.4 Å². The molecule has 1 atom stereocenters. The molecule has 1 aromatic carbocycles. The average molecular weight is 352 g/mol. The number of carbonyl (C=O) groups excluding carboxylic acids is 3. The molecule has 2 aromatic rings. The van der Waals surface area contributed by atoms with Crippen LogP contribution in [0.4, 0.5) is 5.69 Å². The third-order valence-electron chi connectivity index (χ3n) is 5.06. The molecule has 1 fully saturated rings. The number of Topliss-reactive ketones (excluding diaryl/α,β-unsaturated/α-hetero) is 2. The Morgan fingerprint density at radius 2 is 2.04 bits per heavy atom. The minimum atomic E-state index is -0.492. The van der Waals surface area contributed by atoms with Crippen molar-refractivity contribution in [3.8, 4) is 0 Å². The highest BCUT2D eigenvalue weighted by atomic mass is 16.3. The van der Waals surface area contributed by atoms with E-state index in [-0.39, 0.29) is 23.9 Å². The van der Waals surface area contributed by atoms with E-state index in [4.69, 9.17) is 4.42 Å². The summed E-state index contributed by atoms with van der Waals surface area (Å²) in [6.45, 7) is 2.81. The van der Waals surface area contributed by atoms with Crippen LogP contribution in [0, 0.1) is 6.92 Å². The number of nitrogens with zero attached hydrogens (tertiary/aromatic N) is 1. The molecule has 1 unspecified atom stereocenters. The van der Waals surface area contributed by atoms with Crippen LogP contribution in [0.3, 0.4) is 0 Å². The molecule has 0 spiro atoms. The van der Waals surface area contributed by atoms with Crippen LogP contribution in [0.15, 0.2) is 34.7 Å². The summed E-state index contributed by atoms with van der Waals surface area (Å²) >= 11 is 0. The van der Waals surface area contributed by atoms with E-state index in [1.807, 2.05) is 31.2 Å². The summed E-state index contributed by atoms with van der Waals surface area (Å²) in [7, 11) is 0. The zero-order chi connectivity index (χ0) is 18.3. The van der Waals surface area contributed by atoms with Gasteiger partial charge in [-0.15, -0.1) is 0 Å². The summed E-state index contributed by atoms with van der Waals surface area (Å²) < 4.78 is 5.57. The van der Waals surface area contributed by atoms with E-state index >= 15 is 0 Å². The Hall–Kier alpha value is -2.89. The number of anilines is 1. The number of rotatable bonds is 4. The van der Waals surface area contributed by atoms with Crippen molar-refractivity contribution < 1.29 is 18.8 Å². The van der Waals surface area contributed by atoms with Crippen molar-refractivity contribution in [2.45, 2.75) is 45.3 Å². The fourth-order valence-corrected chi connectivity index (χ4v) is 3.72. The lowest BCUT2D eigenvalue weighted by atomic mass is 9.92. The maximum atomic E-state index is 12.8. The van der Waals surface area contributed by atoms with Gasteiger partial charge in [0.05, 0.1) is 19.0 Å². The largest absolute Gasteiger partial charge is 0.465 e. The van der Waals surface area contributed by atoms with Crippen LogP contribution in [0.5, 0.6) is 0 Å². The van der Waals surface area contributed by atoms with E-state index in [2.05, 4.69) is 5.32 Å². The average Bonchev–Trinajstić information content (AvgIpc) is 3.17. The number of aryl methyl sites for hydroxylation is 1. The molecule has 6 heteroatoms. The molecule has 134 valence electrons. The van der Waals surface area contributed by atoms with E-state index < -0.39 is 6.04 Å². The van der Waals surface area contributed by atoms with Crippen molar-refractivity contribution in [3.63, 3.8) is 0 Å². The van der Waals surface area contributed by atoms with Gasteiger partial charge in [0, 0.05) is 29.8 Å². The first-order valence-electron chi connectivity index (χ1n) is 8.79. The molecule has 26 heavy (non-hydrogen) atoms. The summed E-state index contributed by atoms with van der Waals surface area (Å²) in [5, 5.41) is 3.33. The molecule has 0 saturated heterocycles. The van der Waals surface area contributed by atoms with Gasteiger partial charge in [0.2, 0.25) is 0 Å². The lowest BCUT2D eigenvalue weighted by Crippen LogP contribution is -2.44. The van der Waals surface area contributed by atoms with Gasteiger partial charge in [-0.1, -0.05) is 6.07 Å². The summed E-state index contributed by atoms with van der Waals surface area (Å²) in [6.07, 6.45) is 0.721. The topological polar surface area (TPSA) is 79.6 Å². The fraction of sp³-hybridized carbons (Fsp3) is 0.350. The Morgan fingerprint density at radius 1 is 1.19 bits per heavy atom. The molecule has 0 bridgehead atoms. The van der Waals surface area contributed by atoms with Crippen LogP contribution < -0.4 is 5.32 Å². The summed E-state index contributed by atoms with van der Waals surface area (Å²) in [5.74, 6) is 1.36. The minimum Gasteiger partial charge on any atom is -0.465 e. The number of furan rings is 1. The molecule has 1 saturated carbocycles. The summed E-state index contributed by atoms with van der Waals surface area (Å²) in [4.78, 5) is 38.1. The van der Waals surface area contributed by atoms with Gasteiger partial charge in [0.1, 0.15) is 17.3 Å². The number of amides is 1. The maximum absolute atomic E-state index is 12.8. The first-order valence-corrected chi connectivity index (χ1v) is 8.79. The fourth-order valence-electron chi connectivity index (χ4n) is 3.72. The third-order valence-corrected chi connectivity index (χ3v) is 5.06. The van der Waals surface area contributed by atoms with Crippen molar-refractivity contribution in [3.05, 3.63) is 53.0 Å². The van der Waals surface area contributed by atoms with Crippen molar-refractivity contribution in [2.24, 2.45) is 0 Å². The number of nitrogens with one attached hydrogen (secondary N) is 1. The normalized spacial score (nSPS) is 19.8. The van der Waals surface area contributed by atoms with Gasteiger partial charge < -0.3 is 14.6 Å². The molecule has 1 aromatic heterocycles. The van der Waals surface area contributed by atoms with E-state index in [1.165, 1.54) is 0 Å². The molecule has 1 N–H and O–H groups in total. The van der Waals surface area contributed by atoms with Gasteiger partial charge in [-0.05, 0) is 37.6 Å².